The van der Waals surface area contributed by atoms with Gasteiger partial charge in [0, 0.05) is 25.0 Å². The second-order valence-corrected chi connectivity index (χ2v) is 4.40. The highest BCUT2D eigenvalue weighted by Crippen LogP contribution is 2.15. The van der Waals surface area contributed by atoms with Crippen LogP contribution in [0.1, 0.15) is 36.6 Å². The number of pyridine rings is 1. The summed E-state index contributed by atoms with van der Waals surface area (Å²) in [7, 11) is 1.82. The molecule has 0 saturated heterocycles. The van der Waals surface area contributed by atoms with Crippen molar-refractivity contribution in [3.8, 4) is 11.8 Å². The molecule has 0 atom stereocenters. The number of aromatic nitrogens is 3. The summed E-state index contributed by atoms with van der Waals surface area (Å²) >= 11 is 0. The molecular weight excluding hydrogens is 229 g/mol. The molecule has 2 aromatic heterocycles. The summed E-state index contributed by atoms with van der Waals surface area (Å²) in [5, 5.41) is 4.01. The van der Waals surface area contributed by atoms with Gasteiger partial charge in [0.2, 0.25) is 0 Å². The van der Waals surface area contributed by atoms with Crippen molar-refractivity contribution < 1.29 is 4.39 Å². The Bertz CT molecular complexity index is 617. The molecule has 4 heteroatoms. The minimum absolute atomic E-state index is 0.0744. The molecule has 0 saturated carbocycles. The van der Waals surface area contributed by atoms with E-state index in [9.17, 15) is 4.39 Å². The first kappa shape index (κ1) is 12.3. The average molecular weight is 243 g/mol. The average Bonchev–Trinajstić information content (AvgIpc) is 2.72. The first-order valence-corrected chi connectivity index (χ1v) is 5.72. The van der Waals surface area contributed by atoms with E-state index in [-0.39, 0.29) is 11.7 Å². The second kappa shape index (κ2) is 5.01. The molecule has 0 aliphatic rings. The lowest BCUT2D eigenvalue weighted by atomic mass is 10.1. The number of hydrogen-bond donors (Lipinski definition) is 0. The molecule has 0 aromatic carbocycles. The van der Waals surface area contributed by atoms with Crippen LogP contribution in [0.2, 0.25) is 0 Å². The van der Waals surface area contributed by atoms with E-state index in [1.807, 2.05) is 20.9 Å². The molecule has 0 spiro atoms. The number of nitrogens with zero attached hydrogens (tertiary/aromatic N) is 3. The van der Waals surface area contributed by atoms with Gasteiger partial charge >= 0.3 is 0 Å². The van der Waals surface area contributed by atoms with Gasteiger partial charge in [-0.3, -0.25) is 9.67 Å². The summed E-state index contributed by atoms with van der Waals surface area (Å²) in [5.74, 6) is 5.56. The third-order valence-electron chi connectivity index (χ3n) is 2.47. The molecule has 2 aromatic rings. The van der Waals surface area contributed by atoms with E-state index in [2.05, 4.69) is 21.9 Å². The van der Waals surface area contributed by atoms with Crippen molar-refractivity contribution in [2.75, 3.05) is 0 Å². The second-order valence-electron chi connectivity index (χ2n) is 4.40. The molecular formula is C14H14FN3. The SMILES string of the molecule is CC(C)c1ncc(C#Cc2cnn(C)c2)cc1F. The normalized spacial score (nSPS) is 10.3. The molecule has 0 unspecified atom stereocenters. The van der Waals surface area contributed by atoms with Gasteiger partial charge in [0.25, 0.3) is 0 Å². The lowest BCUT2D eigenvalue weighted by Crippen LogP contribution is -1.97. The largest absolute Gasteiger partial charge is 0.275 e. The van der Waals surface area contributed by atoms with Crippen molar-refractivity contribution in [3.63, 3.8) is 0 Å². The van der Waals surface area contributed by atoms with E-state index in [0.717, 1.165) is 5.56 Å². The van der Waals surface area contributed by atoms with Gasteiger partial charge in [0.05, 0.1) is 17.5 Å². The van der Waals surface area contributed by atoms with E-state index in [1.54, 1.807) is 23.3 Å². The van der Waals surface area contributed by atoms with Gasteiger partial charge in [-0.05, 0) is 12.0 Å². The Labute approximate surface area is 106 Å². The van der Waals surface area contributed by atoms with E-state index in [1.165, 1.54) is 6.07 Å². The van der Waals surface area contributed by atoms with Crippen LogP contribution in [0.15, 0.2) is 24.7 Å². The molecule has 0 N–H and O–H groups in total. The van der Waals surface area contributed by atoms with Crippen LogP contribution in [0.3, 0.4) is 0 Å². The van der Waals surface area contributed by atoms with Crippen molar-refractivity contribution >= 4 is 0 Å². The van der Waals surface area contributed by atoms with Gasteiger partial charge in [-0.15, -0.1) is 0 Å². The lowest BCUT2D eigenvalue weighted by Gasteiger charge is -2.04. The molecule has 92 valence electrons. The molecule has 3 nitrogen and oxygen atoms in total. The van der Waals surface area contributed by atoms with E-state index in [0.29, 0.717) is 11.3 Å². The fraction of sp³-hybridized carbons (Fsp3) is 0.286. The van der Waals surface area contributed by atoms with Crippen LogP contribution in [0, 0.1) is 17.7 Å². The summed E-state index contributed by atoms with van der Waals surface area (Å²) < 4.78 is 15.4. The summed E-state index contributed by atoms with van der Waals surface area (Å²) in [6.45, 7) is 3.82. The zero-order valence-corrected chi connectivity index (χ0v) is 10.6. The number of rotatable bonds is 1. The van der Waals surface area contributed by atoms with Crippen LogP contribution in [0.5, 0.6) is 0 Å². The topological polar surface area (TPSA) is 30.7 Å². The van der Waals surface area contributed by atoms with E-state index < -0.39 is 0 Å². The van der Waals surface area contributed by atoms with Crippen molar-refractivity contribution in [2.24, 2.45) is 7.05 Å². The Hall–Kier alpha value is -2.15. The van der Waals surface area contributed by atoms with Crippen LogP contribution in [0.25, 0.3) is 0 Å². The fourth-order valence-corrected chi connectivity index (χ4v) is 1.57. The number of aryl methyl sites for hydroxylation is 1. The highest BCUT2D eigenvalue weighted by molar-refractivity contribution is 5.40. The van der Waals surface area contributed by atoms with Crippen molar-refractivity contribution in [1.29, 1.82) is 0 Å². The van der Waals surface area contributed by atoms with Gasteiger partial charge in [-0.25, -0.2) is 4.39 Å². The summed E-state index contributed by atoms with van der Waals surface area (Å²) in [4.78, 5) is 4.10. The quantitative estimate of drug-likeness (QED) is 0.720. The van der Waals surface area contributed by atoms with E-state index >= 15 is 0 Å². The maximum absolute atomic E-state index is 13.7. The first-order chi connectivity index (χ1) is 8.56. The summed E-state index contributed by atoms with van der Waals surface area (Å²) in [5.41, 5.74) is 1.84. The number of halogens is 1. The Kier molecular flexibility index (Phi) is 3.42. The Morgan fingerprint density at radius 3 is 2.50 bits per heavy atom. The monoisotopic (exact) mass is 243 g/mol. The van der Waals surface area contributed by atoms with Gasteiger partial charge in [0.15, 0.2) is 0 Å². The molecule has 0 bridgehead atoms. The van der Waals surface area contributed by atoms with Crippen LogP contribution in [-0.2, 0) is 7.05 Å². The highest BCUT2D eigenvalue weighted by Gasteiger charge is 2.07. The first-order valence-electron chi connectivity index (χ1n) is 5.72. The number of hydrogen-bond acceptors (Lipinski definition) is 2. The zero-order chi connectivity index (χ0) is 13.1. The zero-order valence-electron chi connectivity index (χ0n) is 10.6. The molecule has 2 rings (SSSR count). The lowest BCUT2D eigenvalue weighted by molar-refractivity contribution is 0.584. The Morgan fingerprint density at radius 1 is 1.22 bits per heavy atom. The maximum atomic E-state index is 13.7. The Balaban J connectivity index is 2.26. The van der Waals surface area contributed by atoms with Crippen molar-refractivity contribution in [2.45, 2.75) is 19.8 Å². The van der Waals surface area contributed by atoms with Crippen molar-refractivity contribution in [3.05, 3.63) is 47.3 Å². The fourth-order valence-electron chi connectivity index (χ4n) is 1.57. The minimum Gasteiger partial charge on any atom is -0.275 e. The van der Waals surface area contributed by atoms with Crippen LogP contribution < -0.4 is 0 Å². The molecule has 0 aliphatic carbocycles. The molecule has 0 fully saturated rings. The summed E-state index contributed by atoms with van der Waals surface area (Å²) in [6, 6.07) is 1.42. The molecule has 0 radical (unpaired) electrons. The predicted molar refractivity (Wildman–Crippen MR) is 67.5 cm³/mol. The molecule has 0 aliphatic heterocycles. The predicted octanol–water partition coefficient (Wildman–Crippen LogP) is 2.48. The third-order valence-corrected chi connectivity index (χ3v) is 2.47. The molecule has 18 heavy (non-hydrogen) atoms. The maximum Gasteiger partial charge on any atom is 0.146 e. The van der Waals surface area contributed by atoms with Gasteiger partial charge < -0.3 is 0 Å². The van der Waals surface area contributed by atoms with Crippen LogP contribution in [-0.4, -0.2) is 14.8 Å². The van der Waals surface area contributed by atoms with E-state index in [4.69, 9.17) is 0 Å². The van der Waals surface area contributed by atoms with Crippen molar-refractivity contribution in [1.82, 2.24) is 14.8 Å². The van der Waals surface area contributed by atoms with Gasteiger partial charge in [-0.1, -0.05) is 25.7 Å². The van der Waals surface area contributed by atoms with Gasteiger partial charge in [-0.2, -0.15) is 5.10 Å². The minimum atomic E-state index is -0.303. The van der Waals surface area contributed by atoms with Crippen LogP contribution in [0.4, 0.5) is 4.39 Å². The third kappa shape index (κ3) is 2.75. The Morgan fingerprint density at radius 2 is 1.94 bits per heavy atom. The highest BCUT2D eigenvalue weighted by atomic mass is 19.1. The summed E-state index contributed by atoms with van der Waals surface area (Å²) in [6.07, 6.45) is 5.07. The van der Waals surface area contributed by atoms with Crippen LogP contribution >= 0.6 is 0 Å². The standard InChI is InChI=1S/C14H14FN3/c1-10(2)14-13(15)6-11(7-16-14)4-5-12-8-17-18(3)9-12/h6-10H,1-3H3. The van der Waals surface area contributed by atoms with Gasteiger partial charge in [0.1, 0.15) is 5.82 Å². The smallest absolute Gasteiger partial charge is 0.146 e. The molecule has 0 amide bonds. The molecule has 2 heterocycles.